The van der Waals surface area contributed by atoms with E-state index >= 15 is 0 Å². The third-order valence-electron chi connectivity index (χ3n) is 3.52. The van der Waals surface area contributed by atoms with E-state index in [1.165, 1.54) is 12.1 Å². The number of hydrogen-bond donors (Lipinski definition) is 2. The van der Waals surface area contributed by atoms with E-state index in [0.717, 1.165) is 6.54 Å². The maximum atomic E-state index is 13.4. The van der Waals surface area contributed by atoms with Gasteiger partial charge in [-0.25, -0.2) is 4.39 Å². The van der Waals surface area contributed by atoms with E-state index in [-0.39, 0.29) is 17.5 Å². The summed E-state index contributed by atoms with van der Waals surface area (Å²) < 4.78 is 13.4. The number of hydrogen-bond acceptors (Lipinski definition) is 3. The lowest BCUT2D eigenvalue weighted by atomic mass is 9.94. The maximum absolute atomic E-state index is 13.4. The molecule has 2 atom stereocenters. The van der Waals surface area contributed by atoms with Crippen molar-refractivity contribution in [2.24, 2.45) is 5.92 Å². The van der Waals surface area contributed by atoms with Gasteiger partial charge in [-0.05, 0) is 30.7 Å². The molecule has 1 aromatic rings. The lowest BCUT2D eigenvalue weighted by Crippen LogP contribution is -2.44. The molecule has 1 fully saturated rings. The zero-order valence-corrected chi connectivity index (χ0v) is 11.8. The van der Waals surface area contributed by atoms with Crippen LogP contribution in [-0.2, 0) is 6.54 Å². The lowest BCUT2D eigenvalue weighted by molar-refractivity contribution is -0.00445. The summed E-state index contributed by atoms with van der Waals surface area (Å²) in [7, 11) is 0. The van der Waals surface area contributed by atoms with Crippen molar-refractivity contribution < 1.29 is 14.6 Å². The molecular weight excluding hydrogens is 292 g/mol. The zero-order chi connectivity index (χ0) is 14.0. The minimum absolute atomic E-state index is 0.00720. The molecule has 2 N–H and O–H groups in total. The van der Waals surface area contributed by atoms with Crippen LogP contribution >= 0.6 is 23.2 Å². The van der Waals surface area contributed by atoms with Gasteiger partial charge in [-0.3, -0.25) is 4.90 Å². The zero-order valence-electron chi connectivity index (χ0n) is 10.3. The van der Waals surface area contributed by atoms with E-state index in [2.05, 4.69) is 0 Å². The molecule has 1 aliphatic rings. The standard InChI is InChI=1S/C13H16Cl2FNO2/c14-10-4-11(15)12(16)3-9(10)5-17-2-1-8(7-18)13(19)6-17/h3-4,8,13,18-19H,1-2,5-7H2/t8-,13+/m1/s1. The molecule has 0 spiro atoms. The van der Waals surface area contributed by atoms with E-state index in [9.17, 15) is 9.50 Å². The van der Waals surface area contributed by atoms with Gasteiger partial charge in [0.2, 0.25) is 0 Å². The van der Waals surface area contributed by atoms with Gasteiger partial charge in [-0.2, -0.15) is 0 Å². The smallest absolute Gasteiger partial charge is 0.142 e. The fraction of sp³-hybridized carbons (Fsp3) is 0.538. The Hall–Kier alpha value is -0.390. The second kappa shape index (κ2) is 6.37. The maximum Gasteiger partial charge on any atom is 0.142 e. The van der Waals surface area contributed by atoms with E-state index in [0.29, 0.717) is 30.1 Å². The lowest BCUT2D eigenvalue weighted by Gasteiger charge is -2.35. The molecule has 2 rings (SSSR count). The summed E-state index contributed by atoms with van der Waals surface area (Å²) in [6.07, 6.45) is 0.153. The summed E-state index contributed by atoms with van der Waals surface area (Å²) in [4.78, 5) is 1.99. The largest absolute Gasteiger partial charge is 0.396 e. The Morgan fingerprint density at radius 1 is 1.32 bits per heavy atom. The summed E-state index contributed by atoms with van der Waals surface area (Å²) in [5.41, 5.74) is 0.651. The first-order valence-electron chi connectivity index (χ1n) is 6.16. The number of likely N-dealkylation sites (tertiary alicyclic amines) is 1. The topological polar surface area (TPSA) is 43.7 Å². The molecule has 1 aromatic carbocycles. The summed E-state index contributed by atoms with van der Waals surface area (Å²) in [6, 6.07) is 2.72. The van der Waals surface area contributed by atoms with Crippen molar-refractivity contribution >= 4 is 23.2 Å². The highest BCUT2D eigenvalue weighted by Crippen LogP contribution is 2.27. The number of aliphatic hydroxyl groups is 2. The number of rotatable bonds is 3. The average molecular weight is 308 g/mol. The van der Waals surface area contributed by atoms with Gasteiger partial charge >= 0.3 is 0 Å². The molecule has 1 saturated heterocycles. The highest BCUT2D eigenvalue weighted by Gasteiger charge is 2.27. The number of benzene rings is 1. The molecule has 0 bridgehead atoms. The van der Waals surface area contributed by atoms with Crippen LogP contribution in [0.25, 0.3) is 0 Å². The molecule has 19 heavy (non-hydrogen) atoms. The van der Waals surface area contributed by atoms with Gasteiger partial charge in [0, 0.05) is 30.6 Å². The molecule has 0 unspecified atom stereocenters. The number of halogens is 3. The van der Waals surface area contributed by atoms with Crippen LogP contribution in [-0.4, -0.2) is 40.9 Å². The monoisotopic (exact) mass is 307 g/mol. The van der Waals surface area contributed by atoms with Gasteiger partial charge in [0.15, 0.2) is 0 Å². The van der Waals surface area contributed by atoms with Crippen molar-refractivity contribution in [3.63, 3.8) is 0 Å². The molecule has 0 radical (unpaired) electrons. The fourth-order valence-corrected chi connectivity index (χ4v) is 2.77. The van der Waals surface area contributed by atoms with E-state index in [1.807, 2.05) is 4.90 Å². The molecule has 3 nitrogen and oxygen atoms in total. The van der Waals surface area contributed by atoms with Crippen molar-refractivity contribution in [2.75, 3.05) is 19.7 Å². The van der Waals surface area contributed by atoms with Gasteiger partial charge in [0.1, 0.15) is 5.82 Å². The first kappa shape index (κ1) is 15.0. The van der Waals surface area contributed by atoms with Crippen molar-refractivity contribution in [3.8, 4) is 0 Å². The highest BCUT2D eigenvalue weighted by molar-refractivity contribution is 6.35. The van der Waals surface area contributed by atoms with E-state index < -0.39 is 11.9 Å². The summed E-state index contributed by atoms with van der Waals surface area (Å²) in [6.45, 7) is 1.64. The highest BCUT2D eigenvalue weighted by atomic mass is 35.5. The molecular formula is C13H16Cl2FNO2. The molecule has 0 amide bonds. The third kappa shape index (κ3) is 3.58. The van der Waals surface area contributed by atoms with Gasteiger partial charge < -0.3 is 10.2 Å². The van der Waals surface area contributed by atoms with Crippen molar-refractivity contribution in [3.05, 3.63) is 33.6 Å². The Morgan fingerprint density at radius 2 is 2.05 bits per heavy atom. The third-order valence-corrected chi connectivity index (χ3v) is 4.16. The molecule has 6 heteroatoms. The Kier molecular flexibility index (Phi) is 5.03. The fourth-order valence-electron chi connectivity index (χ4n) is 2.33. The molecule has 106 valence electrons. The van der Waals surface area contributed by atoms with Crippen LogP contribution in [0.2, 0.25) is 10.0 Å². The van der Waals surface area contributed by atoms with Crippen LogP contribution in [0, 0.1) is 11.7 Å². The molecule has 0 aromatic heterocycles. The normalized spacial score (nSPS) is 24.7. The number of β-amino-alcohol motifs (C(OH)–C–C–N with tert-alkyl or cyclic N) is 1. The quantitative estimate of drug-likeness (QED) is 0.842. The first-order chi connectivity index (χ1) is 9.01. The second-order valence-corrected chi connectivity index (χ2v) is 5.71. The van der Waals surface area contributed by atoms with Crippen LogP contribution in [0.5, 0.6) is 0 Å². The van der Waals surface area contributed by atoms with Crippen molar-refractivity contribution in [2.45, 2.75) is 19.1 Å². The summed E-state index contributed by atoms with van der Waals surface area (Å²) >= 11 is 11.7. The van der Waals surface area contributed by atoms with Crippen LogP contribution in [0.3, 0.4) is 0 Å². The number of nitrogens with zero attached hydrogens (tertiary/aromatic N) is 1. The van der Waals surface area contributed by atoms with Gasteiger partial charge in [-0.1, -0.05) is 23.2 Å². The minimum Gasteiger partial charge on any atom is -0.396 e. The summed E-state index contributed by atoms with van der Waals surface area (Å²) in [5, 5.41) is 19.4. The summed E-state index contributed by atoms with van der Waals surface area (Å²) in [5.74, 6) is -0.569. The Labute approximate surface area is 121 Å². The molecule has 0 aliphatic carbocycles. The van der Waals surface area contributed by atoms with E-state index in [4.69, 9.17) is 28.3 Å². The molecule has 0 saturated carbocycles. The SMILES string of the molecule is OC[C@H]1CCN(Cc2cc(F)c(Cl)cc2Cl)C[C@@H]1O. The predicted octanol–water partition coefficient (Wildman–Crippen LogP) is 2.31. The first-order valence-corrected chi connectivity index (χ1v) is 6.91. The second-order valence-electron chi connectivity index (χ2n) is 4.89. The van der Waals surface area contributed by atoms with Crippen LogP contribution in [0.15, 0.2) is 12.1 Å². The minimum atomic E-state index is -0.560. The number of aliphatic hydroxyl groups excluding tert-OH is 2. The Bertz CT molecular complexity index is 459. The van der Waals surface area contributed by atoms with Crippen LogP contribution < -0.4 is 0 Å². The Morgan fingerprint density at radius 3 is 2.68 bits per heavy atom. The van der Waals surface area contributed by atoms with E-state index in [1.54, 1.807) is 0 Å². The van der Waals surface area contributed by atoms with Gasteiger partial charge in [0.05, 0.1) is 11.1 Å². The van der Waals surface area contributed by atoms with Gasteiger partial charge in [-0.15, -0.1) is 0 Å². The Balaban J connectivity index is 2.04. The van der Waals surface area contributed by atoms with Crippen molar-refractivity contribution in [1.82, 2.24) is 4.90 Å². The van der Waals surface area contributed by atoms with Crippen molar-refractivity contribution in [1.29, 1.82) is 0 Å². The van der Waals surface area contributed by atoms with Crippen LogP contribution in [0.4, 0.5) is 4.39 Å². The number of piperidine rings is 1. The molecule has 1 heterocycles. The van der Waals surface area contributed by atoms with Crippen LogP contribution in [0.1, 0.15) is 12.0 Å². The average Bonchev–Trinajstić information content (AvgIpc) is 2.36. The predicted molar refractivity (Wildman–Crippen MR) is 72.9 cm³/mol. The molecule has 1 aliphatic heterocycles. The van der Waals surface area contributed by atoms with Gasteiger partial charge in [0.25, 0.3) is 0 Å².